The monoisotopic (exact) mass is 473 g/mol. The number of nitrogens with one attached hydrogen (secondary N) is 3. The van der Waals surface area contributed by atoms with Crippen LogP contribution in [0.2, 0.25) is 0 Å². The summed E-state index contributed by atoms with van der Waals surface area (Å²) < 4.78 is 32.2. The fourth-order valence-corrected chi connectivity index (χ4v) is 4.47. The van der Waals surface area contributed by atoms with Crippen molar-refractivity contribution in [3.8, 4) is 5.75 Å². The Balaban J connectivity index is 1.69. The van der Waals surface area contributed by atoms with Gasteiger partial charge in [-0.15, -0.1) is 0 Å². The Morgan fingerprint density at radius 1 is 1.21 bits per heavy atom. The number of ether oxygens (including phenoxy) is 1. The van der Waals surface area contributed by atoms with Crippen molar-refractivity contribution in [2.45, 2.75) is 31.2 Å². The van der Waals surface area contributed by atoms with Crippen LogP contribution < -0.4 is 20.1 Å². The summed E-state index contributed by atoms with van der Waals surface area (Å²) in [5.41, 5.74) is -0.0694. The number of aromatic nitrogens is 1. The topological polar surface area (TPSA) is 147 Å². The number of urea groups is 1. The van der Waals surface area contributed by atoms with E-state index >= 15 is 0 Å². The molecule has 2 aromatic rings. The molecule has 0 spiro atoms. The predicted octanol–water partition coefficient (Wildman–Crippen LogP) is 0.931. The lowest BCUT2D eigenvalue weighted by atomic mass is 9.90. The molecule has 174 valence electrons. The minimum absolute atomic E-state index is 0.135. The van der Waals surface area contributed by atoms with Gasteiger partial charge in [0.1, 0.15) is 5.75 Å². The SMILES string of the molecule is COc1ccc2c(c1)C(=O)N(C[C@@]1(c3cncc(NS(=O)(=O)C(C)C)c3)NC(=O)NC1=O)C2. The molecule has 1 aromatic heterocycles. The van der Waals surface area contributed by atoms with E-state index in [2.05, 4.69) is 20.3 Å². The average molecular weight is 474 g/mol. The number of amides is 4. The Hall–Kier alpha value is -3.67. The molecule has 0 radical (unpaired) electrons. The molecule has 3 heterocycles. The maximum atomic E-state index is 13.1. The number of benzene rings is 1. The molecule has 12 heteroatoms. The number of carbonyl (C=O) groups is 3. The Bertz CT molecular complexity index is 1260. The molecule has 33 heavy (non-hydrogen) atoms. The largest absolute Gasteiger partial charge is 0.497 e. The Morgan fingerprint density at radius 2 is 1.97 bits per heavy atom. The van der Waals surface area contributed by atoms with Gasteiger partial charge in [0.25, 0.3) is 11.8 Å². The lowest BCUT2D eigenvalue weighted by Crippen LogP contribution is -2.52. The third-order valence-corrected chi connectivity index (χ3v) is 7.44. The Morgan fingerprint density at radius 3 is 2.61 bits per heavy atom. The Kier molecular flexibility index (Phi) is 5.48. The van der Waals surface area contributed by atoms with Crippen molar-refractivity contribution in [3.63, 3.8) is 0 Å². The normalized spacial score (nSPS) is 20.0. The first kappa shape index (κ1) is 22.5. The second kappa shape index (κ2) is 8.03. The standard InChI is InChI=1S/C21H23N5O6S/c1-12(2)33(30,31)25-15-6-14(8-22-9-15)21(19(28)23-20(29)24-21)11-26-10-13-4-5-16(32-3)7-17(13)18(26)27/h4-9,12,25H,10-11H2,1-3H3,(H2,23,24,28,29)/t21-/m0/s1. The van der Waals surface area contributed by atoms with Crippen LogP contribution in [-0.4, -0.2) is 55.1 Å². The number of methoxy groups -OCH3 is 1. The number of sulfonamides is 1. The van der Waals surface area contributed by atoms with Gasteiger partial charge in [0.15, 0.2) is 5.54 Å². The average Bonchev–Trinajstić information content (AvgIpc) is 3.23. The van der Waals surface area contributed by atoms with Gasteiger partial charge in [-0.3, -0.25) is 24.6 Å². The molecule has 11 nitrogen and oxygen atoms in total. The zero-order chi connectivity index (χ0) is 24.0. The minimum atomic E-state index is -3.66. The fourth-order valence-electron chi connectivity index (χ4n) is 3.79. The van der Waals surface area contributed by atoms with Crippen LogP contribution in [0.15, 0.2) is 36.7 Å². The minimum Gasteiger partial charge on any atom is -0.497 e. The molecule has 0 aliphatic carbocycles. The van der Waals surface area contributed by atoms with Gasteiger partial charge in [-0.25, -0.2) is 13.2 Å². The summed E-state index contributed by atoms with van der Waals surface area (Å²) in [6, 6.07) is 5.84. The molecule has 1 fully saturated rings. The first-order chi connectivity index (χ1) is 15.6. The van der Waals surface area contributed by atoms with E-state index in [9.17, 15) is 22.8 Å². The second-order valence-electron chi connectivity index (χ2n) is 8.16. The molecule has 4 rings (SSSR count). The number of imide groups is 1. The van der Waals surface area contributed by atoms with Gasteiger partial charge in [-0.2, -0.15) is 0 Å². The van der Waals surface area contributed by atoms with Crippen molar-refractivity contribution >= 4 is 33.6 Å². The highest BCUT2D eigenvalue weighted by Gasteiger charge is 2.51. The third-order valence-electron chi connectivity index (χ3n) is 5.68. The number of carbonyl (C=O) groups excluding carboxylic acids is 3. The molecule has 4 amide bonds. The number of pyridine rings is 1. The van der Waals surface area contributed by atoms with E-state index in [-0.39, 0.29) is 30.2 Å². The third kappa shape index (κ3) is 3.97. The maximum Gasteiger partial charge on any atom is 0.322 e. The van der Waals surface area contributed by atoms with E-state index < -0.39 is 32.8 Å². The molecule has 3 N–H and O–H groups in total. The van der Waals surface area contributed by atoms with Crippen molar-refractivity contribution in [3.05, 3.63) is 53.3 Å². The van der Waals surface area contributed by atoms with Crippen LogP contribution in [0.4, 0.5) is 10.5 Å². The summed E-state index contributed by atoms with van der Waals surface area (Å²) in [4.78, 5) is 43.6. The summed E-state index contributed by atoms with van der Waals surface area (Å²) >= 11 is 0. The second-order valence-corrected chi connectivity index (χ2v) is 10.4. The van der Waals surface area contributed by atoms with E-state index in [0.717, 1.165) is 5.56 Å². The van der Waals surface area contributed by atoms with Crippen LogP contribution in [0.25, 0.3) is 0 Å². The number of fused-ring (bicyclic) bond motifs is 1. The van der Waals surface area contributed by atoms with E-state index in [1.807, 2.05) is 0 Å². The van der Waals surface area contributed by atoms with Crippen molar-refractivity contribution < 1.29 is 27.5 Å². The lowest BCUT2D eigenvalue weighted by molar-refractivity contribution is -0.124. The molecule has 0 saturated carbocycles. The highest BCUT2D eigenvalue weighted by molar-refractivity contribution is 7.93. The molecular formula is C21H23N5O6S. The van der Waals surface area contributed by atoms with Gasteiger partial charge in [-0.1, -0.05) is 6.07 Å². The van der Waals surface area contributed by atoms with Crippen LogP contribution in [0.3, 0.4) is 0 Å². The summed E-state index contributed by atoms with van der Waals surface area (Å²) in [6.45, 7) is 3.10. The summed E-state index contributed by atoms with van der Waals surface area (Å²) in [5, 5.41) is 4.12. The first-order valence-electron chi connectivity index (χ1n) is 10.1. The van der Waals surface area contributed by atoms with E-state index in [1.165, 1.54) is 44.3 Å². The number of hydrogen-bond acceptors (Lipinski definition) is 7. The van der Waals surface area contributed by atoms with Crippen LogP contribution in [0.5, 0.6) is 5.75 Å². The summed E-state index contributed by atoms with van der Waals surface area (Å²) in [5.74, 6) is -0.457. The quantitative estimate of drug-likeness (QED) is 0.507. The zero-order valence-corrected chi connectivity index (χ0v) is 19.0. The number of rotatable bonds is 7. The molecule has 1 aromatic carbocycles. The van der Waals surface area contributed by atoms with E-state index in [0.29, 0.717) is 11.3 Å². The zero-order valence-electron chi connectivity index (χ0n) is 18.2. The van der Waals surface area contributed by atoms with Gasteiger partial charge >= 0.3 is 6.03 Å². The van der Waals surface area contributed by atoms with E-state index in [1.54, 1.807) is 18.2 Å². The molecule has 0 unspecified atom stereocenters. The van der Waals surface area contributed by atoms with Gasteiger partial charge in [-0.05, 0) is 37.6 Å². The van der Waals surface area contributed by atoms with Crippen molar-refractivity contribution in [2.75, 3.05) is 18.4 Å². The number of anilines is 1. The maximum absolute atomic E-state index is 13.1. The first-order valence-corrected chi connectivity index (χ1v) is 11.7. The van der Waals surface area contributed by atoms with Crippen LogP contribution in [-0.2, 0) is 26.9 Å². The van der Waals surface area contributed by atoms with Crippen LogP contribution in [0.1, 0.15) is 35.3 Å². The summed E-state index contributed by atoms with van der Waals surface area (Å²) in [6.07, 6.45) is 2.66. The predicted molar refractivity (Wildman–Crippen MR) is 118 cm³/mol. The van der Waals surface area contributed by atoms with Gasteiger partial charge in [0, 0.05) is 23.9 Å². The van der Waals surface area contributed by atoms with Crippen LogP contribution in [0, 0.1) is 0 Å². The van der Waals surface area contributed by atoms with Crippen molar-refractivity contribution in [2.24, 2.45) is 0 Å². The molecule has 2 aliphatic rings. The Labute approximate surface area is 190 Å². The molecule has 1 atom stereocenters. The number of hydrogen-bond donors (Lipinski definition) is 3. The van der Waals surface area contributed by atoms with Gasteiger partial charge < -0.3 is 15.0 Å². The highest BCUT2D eigenvalue weighted by Crippen LogP contribution is 2.33. The fraction of sp³-hybridized carbons (Fsp3) is 0.333. The van der Waals surface area contributed by atoms with E-state index in [4.69, 9.17) is 4.74 Å². The molecule has 1 saturated heterocycles. The molecule has 2 aliphatic heterocycles. The van der Waals surface area contributed by atoms with Gasteiger partial charge in [0.2, 0.25) is 10.0 Å². The smallest absolute Gasteiger partial charge is 0.322 e. The number of nitrogens with zero attached hydrogens (tertiary/aromatic N) is 2. The molecule has 0 bridgehead atoms. The lowest BCUT2D eigenvalue weighted by Gasteiger charge is -2.31. The summed E-state index contributed by atoms with van der Waals surface area (Å²) in [7, 11) is -2.16. The van der Waals surface area contributed by atoms with Crippen molar-refractivity contribution in [1.82, 2.24) is 20.5 Å². The molecular weight excluding hydrogens is 450 g/mol. The van der Waals surface area contributed by atoms with Crippen LogP contribution >= 0.6 is 0 Å². The van der Waals surface area contributed by atoms with Gasteiger partial charge in [0.05, 0.1) is 30.8 Å². The highest BCUT2D eigenvalue weighted by atomic mass is 32.2. The van der Waals surface area contributed by atoms with Crippen molar-refractivity contribution in [1.29, 1.82) is 0 Å².